The molecule has 0 radical (unpaired) electrons. The first-order valence-corrected chi connectivity index (χ1v) is 10.0. The molecule has 1 aromatic heterocycles. The quantitative estimate of drug-likeness (QED) is 0.706. The highest BCUT2D eigenvalue weighted by Crippen LogP contribution is 2.19. The Labute approximate surface area is 152 Å². The average molecular weight is 371 g/mol. The van der Waals surface area contributed by atoms with Crippen molar-refractivity contribution in [3.63, 3.8) is 0 Å². The van der Waals surface area contributed by atoms with E-state index in [2.05, 4.69) is 4.98 Å². The van der Waals surface area contributed by atoms with Gasteiger partial charge in [0.1, 0.15) is 5.82 Å². The predicted octanol–water partition coefficient (Wildman–Crippen LogP) is 2.39. The van der Waals surface area contributed by atoms with Crippen molar-refractivity contribution in [1.82, 2.24) is 13.9 Å². The van der Waals surface area contributed by atoms with E-state index in [-0.39, 0.29) is 12.1 Å². The zero-order chi connectivity index (χ0) is 19.1. The molecule has 0 bridgehead atoms. The van der Waals surface area contributed by atoms with E-state index in [0.29, 0.717) is 22.4 Å². The van der Waals surface area contributed by atoms with Crippen molar-refractivity contribution in [1.29, 1.82) is 0 Å². The normalized spacial score (nSPS) is 12.0. The number of benzene rings is 2. The van der Waals surface area contributed by atoms with Crippen LogP contribution in [0.4, 0.5) is 0 Å². The van der Waals surface area contributed by atoms with Gasteiger partial charge in [-0.1, -0.05) is 29.8 Å². The lowest BCUT2D eigenvalue weighted by molar-refractivity contribution is 0.457. The number of aromatic nitrogens is 2. The molecule has 1 heterocycles. The van der Waals surface area contributed by atoms with Crippen LogP contribution in [0.1, 0.15) is 17.0 Å². The van der Waals surface area contributed by atoms with Crippen LogP contribution >= 0.6 is 0 Å². The van der Waals surface area contributed by atoms with Gasteiger partial charge in [-0.2, -0.15) is 4.31 Å². The van der Waals surface area contributed by atoms with Gasteiger partial charge in [0.15, 0.2) is 0 Å². The van der Waals surface area contributed by atoms with Crippen LogP contribution in [0.3, 0.4) is 0 Å². The molecule has 0 saturated heterocycles. The van der Waals surface area contributed by atoms with E-state index in [1.54, 1.807) is 24.3 Å². The molecule has 26 heavy (non-hydrogen) atoms. The fourth-order valence-corrected chi connectivity index (χ4v) is 3.26. The third-order valence-electron chi connectivity index (χ3n) is 4.37. The molecule has 0 aliphatic heterocycles. The zero-order valence-corrected chi connectivity index (χ0v) is 16.0. The summed E-state index contributed by atoms with van der Waals surface area (Å²) >= 11 is 0. The van der Waals surface area contributed by atoms with Crippen molar-refractivity contribution in [2.24, 2.45) is 0 Å². The Morgan fingerprint density at radius 2 is 1.81 bits per heavy atom. The molecule has 2 aromatic carbocycles. The molecule has 136 valence electrons. The largest absolute Gasteiger partial charge is 0.268 e. The monoisotopic (exact) mass is 371 g/mol. The van der Waals surface area contributed by atoms with Gasteiger partial charge in [-0.25, -0.2) is 13.4 Å². The van der Waals surface area contributed by atoms with E-state index in [9.17, 15) is 13.2 Å². The molecule has 0 amide bonds. The summed E-state index contributed by atoms with van der Waals surface area (Å²) in [5, 5.41) is 0.498. The Bertz CT molecular complexity index is 1150. The van der Waals surface area contributed by atoms with Crippen LogP contribution in [0, 0.1) is 13.8 Å². The number of para-hydroxylation sites is 1. The maximum Gasteiger partial charge on any atom is 0.266 e. The summed E-state index contributed by atoms with van der Waals surface area (Å²) in [6.07, 6.45) is 1.13. The van der Waals surface area contributed by atoms with E-state index in [1.807, 2.05) is 32.0 Å². The number of nitrogens with zero attached hydrogens (tertiary/aromatic N) is 3. The average Bonchev–Trinajstić information content (AvgIpc) is 2.55. The van der Waals surface area contributed by atoms with Gasteiger partial charge in [-0.15, -0.1) is 0 Å². The Morgan fingerprint density at radius 3 is 2.46 bits per heavy atom. The maximum absolute atomic E-state index is 13.2. The lowest BCUT2D eigenvalue weighted by Gasteiger charge is -2.19. The van der Waals surface area contributed by atoms with Crippen molar-refractivity contribution >= 4 is 20.9 Å². The Morgan fingerprint density at radius 1 is 1.12 bits per heavy atom. The van der Waals surface area contributed by atoms with Gasteiger partial charge in [0.25, 0.3) is 5.56 Å². The van der Waals surface area contributed by atoms with Gasteiger partial charge in [-0.3, -0.25) is 9.36 Å². The number of hydrogen-bond acceptors (Lipinski definition) is 4. The topological polar surface area (TPSA) is 72.3 Å². The summed E-state index contributed by atoms with van der Waals surface area (Å²) in [6.45, 7) is 3.91. The summed E-state index contributed by atoms with van der Waals surface area (Å²) < 4.78 is 26.4. The Balaban J connectivity index is 2.33. The highest BCUT2D eigenvalue weighted by atomic mass is 32.2. The highest BCUT2D eigenvalue weighted by molar-refractivity contribution is 7.88. The molecule has 3 rings (SSSR count). The third kappa shape index (κ3) is 3.40. The van der Waals surface area contributed by atoms with Crippen molar-refractivity contribution in [2.75, 3.05) is 13.3 Å². The SMILES string of the molecule is Cc1ccc(-n2c(CN(C)S(C)(=O)=O)nc3ccccc3c2=O)c(C)c1. The van der Waals surface area contributed by atoms with Crippen molar-refractivity contribution in [3.8, 4) is 5.69 Å². The van der Waals surface area contributed by atoms with Gasteiger partial charge < -0.3 is 0 Å². The van der Waals surface area contributed by atoms with Crippen molar-refractivity contribution < 1.29 is 8.42 Å². The number of rotatable bonds is 4. The van der Waals surface area contributed by atoms with Gasteiger partial charge in [0.2, 0.25) is 10.0 Å². The van der Waals surface area contributed by atoms with Gasteiger partial charge >= 0.3 is 0 Å². The molecule has 0 aliphatic carbocycles. The molecule has 0 unspecified atom stereocenters. The van der Waals surface area contributed by atoms with E-state index < -0.39 is 10.0 Å². The van der Waals surface area contributed by atoms with Gasteiger partial charge in [-0.05, 0) is 37.6 Å². The fraction of sp³-hybridized carbons (Fsp3) is 0.263. The second-order valence-corrected chi connectivity index (χ2v) is 8.58. The fourth-order valence-electron chi connectivity index (χ4n) is 2.91. The van der Waals surface area contributed by atoms with E-state index in [4.69, 9.17) is 0 Å². The molecule has 3 aromatic rings. The number of sulfonamides is 1. The molecule has 0 saturated carbocycles. The molecule has 7 heteroatoms. The lowest BCUT2D eigenvalue weighted by Crippen LogP contribution is -2.31. The molecular weight excluding hydrogens is 350 g/mol. The molecule has 0 fully saturated rings. The molecule has 0 atom stereocenters. The second kappa shape index (κ2) is 6.66. The first-order valence-electron chi connectivity index (χ1n) is 8.18. The molecule has 0 spiro atoms. The number of fused-ring (bicyclic) bond motifs is 1. The first-order chi connectivity index (χ1) is 12.2. The molecule has 6 nitrogen and oxygen atoms in total. The van der Waals surface area contributed by atoms with Crippen LogP contribution in [0.15, 0.2) is 47.3 Å². The summed E-state index contributed by atoms with van der Waals surface area (Å²) in [6, 6.07) is 12.9. The lowest BCUT2D eigenvalue weighted by atomic mass is 10.1. The van der Waals surface area contributed by atoms with Crippen LogP contribution in [-0.4, -0.2) is 35.6 Å². The minimum Gasteiger partial charge on any atom is -0.268 e. The van der Waals surface area contributed by atoms with Crippen LogP contribution in [0.25, 0.3) is 16.6 Å². The number of aryl methyl sites for hydroxylation is 2. The summed E-state index contributed by atoms with van der Waals surface area (Å²) in [7, 11) is -1.93. The molecular formula is C19H21N3O3S. The Kier molecular flexibility index (Phi) is 4.68. The van der Waals surface area contributed by atoms with E-state index in [0.717, 1.165) is 17.4 Å². The van der Waals surface area contributed by atoms with Gasteiger partial charge in [0.05, 0.1) is 29.4 Å². The van der Waals surface area contributed by atoms with Crippen LogP contribution in [0.5, 0.6) is 0 Å². The van der Waals surface area contributed by atoms with E-state index >= 15 is 0 Å². The smallest absolute Gasteiger partial charge is 0.266 e. The minimum absolute atomic E-state index is 0.00617. The number of hydrogen-bond donors (Lipinski definition) is 0. The molecule has 0 aliphatic rings. The van der Waals surface area contributed by atoms with Crippen molar-refractivity contribution in [2.45, 2.75) is 20.4 Å². The first kappa shape index (κ1) is 18.3. The Hall–Kier alpha value is -2.51. The maximum atomic E-state index is 13.2. The third-order valence-corrected chi connectivity index (χ3v) is 5.63. The summed E-state index contributed by atoms with van der Waals surface area (Å²) in [5.41, 5.74) is 3.06. The predicted molar refractivity (Wildman–Crippen MR) is 103 cm³/mol. The zero-order valence-electron chi connectivity index (χ0n) is 15.2. The summed E-state index contributed by atoms with van der Waals surface area (Å²) in [5.74, 6) is 0.383. The van der Waals surface area contributed by atoms with Crippen LogP contribution in [-0.2, 0) is 16.6 Å². The van der Waals surface area contributed by atoms with Crippen LogP contribution < -0.4 is 5.56 Å². The van der Waals surface area contributed by atoms with Gasteiger partial charge in [0, 0.05) is 7.05 Å². The van der Waals surface area contributed by atoms with E-state index in [1.165, 1.54) is 15.9 Å². The second-order valence-electron chi connectivity index (χ2n) is 6.49. The standard InChI is InChI=1S/C19H21N3O3S/c1-13-9-10-17(14(2)11-13)22-18(12-21(3)26(4,24)25)20-16-8-6-5-7-15(16)19(22)23/h5-11H,12H2,1-4H3. The van der Waals surface area contributed by atoms with Crippen LogP contribution in [0.2, 0.25) is 0 Å². The van der Waals surface area contributed by atoms with Crippen molar-refractivity contribution in [3.05, 3.63) is 69.8 Å². The minimum atomic E-state index is -3.40. The molecule has 0 N–H and O–H groups in total. The summed E-state index contributed by atoms with van der Waals surface area (Å²) in [4.78, 5) is 17.8. The highest BCUT2D eigenvalue weighted by Gasteiger charge is 2.19.